The number of hydrogen-bond acceptors (Lipinski definition) is 4. The van der Waals surface area contributed by atoms with Crippen molar-refractivity contribution >= 4 is 0 Å². The molecule has 2 aromatic rings. The predicted molar refractivity (Wildman–Crippen MR) is 73.2 cm³/mol. The minimum atomic E-state index is 0.338. The largest absolute Gasteiger partial charge is 0.482 e. The minimum absolute atomic E-state index is 0.338. The van der Waals surface area contributed by atoms with E-state index in [2.05, 4.69) is 24.3 Å². The van der Waals surface area contributed by atoms with Crippen molar-refractivity contribution in [2.45, 2.75) is 40.0 Å². The van der Waals surface area contributed by atoms with E-state index in [0.29, 0.717) is 12.6 Å². The molecule has 0 radical (unpaired) electrons. The summed E-state index contributed by atoms with van der Waals surface area (Å²) in [5.74, 6) is 2.53. The zero-order valence-corrected chi connectivity index (χ0v) is 11.9. The highest BCUT2D eigenvalue weighted by Crippen LogP contribution is 2.18. The van der Waals surface area contributed by atoms with Crippen molar-refractivity contribution in [1.82, 2.24) is 15.1 Å². The van der Waals surface area contributed by atoms with Crippen LogP contribution in [0.4, 0.5) is 0 Å². The molecule has 0 aliphatic heterocycles. The molecule has 0 amide bonds. The van der Waals surface area contributed by atoms with Crippen LogP contribution in [0, 0.1) is 6.92 Å². The van der Waals surface area contributed by atoms with E-state index in [1.807, 2.05) is 30.9 Å². The smallest absolute Gasteiger partial charge is 0.157 e. The van der Waals surface area contributed by atoms with Gasteiger partial charge in [-0.3, -0.25) is 4.68 Å². The lowest BCUT2D eigenvalue weighted by Crippen LogP contribution is -2.04. The van der Waals surface area contributed by atoms with E-state index in [1.54, 1.807) is 6.20 Å². The zero-order valence-electron chi connectivity index (χ0n) is 11.9. The summed E-state index contributed by atoms with van der Waals surface area (Å²) in [6, 6.07) is 2.36. The molecule has 0 bridgehead atoms. The Hall–Kier alpha value is -1.75. The van der Waals surface area contributed by atoms with Gasteiger partial charge in [0.2, 0.25) is 0 Å². The molecule has 0 unspecified atom stereocenters. The van der Waals surface area contributed by atoms with Crippen LogP contribution >= 0.6 is 0 Å². The molecule has 0 atom stereocenters. The number of nitrogens with one attached hydrogen (secondary N) is 1. The minimum Gasteiger partial charge on any atom is -0.482 e. The molecule has 1 N–H and O–H groups in total. The molecule has 104 valence electrons. The van der Waals surface area contributed by atoms with E-state index in [0.717, 1.165) is 23.8 Å². The Morgan fingerprint density at radius 1 is 1.47 bits per heavy atom. The number of ether oxygens (including phenoxy) is 1. The highest BCUT2D eigenvalue weighted by atomic mass is 16.5. The van der Waals surface area contributed by atoms with Gasteiger partial charge < -0.3 is 14.5 Å². The van der Waals surface area contributed by atoms with E-state index in [4.69, 9.17) is 9.15 Å². The van der Waals surface area contributed by atoms with Crippen LogP contribution in [0.1, 0.15) is 37.0 Å². The van der Waals surface area contributed by atoms with Crippen LogP contribution in [-0.2, 0) is 13.2 Å². The summed E-state index contributed by atoms with van der Waals surface area (Å²) in [6.45, 7) is 7.36. The van der Waals surface area contributed by atoms with E-state index < -0.39 is 0 Å². The number of aryl methyl sites for hydroxylation is 1. The third-order valence-corrected chi connectivity index (χ3v) is 2.93. The summed E-state index contributed by atoms with van der Waals surface area (Å²) in [6.07, 6.45) is 3.62. The summed E-state index contributed by atoms with van der Waals surface area (Å²) >= 11 is 0. The van der Waals surface area contributed by atoms with Crippen LogP contribution in [0.3, 0.4) is 0 Å². The first-order chi connectivity index (χ1) is 9.10. The lowest BCUT2D eigenvalue weighted by Gasteiger charge is -2.03. The van der Waals surface area contributed by atoms with Crippen LogP contribution in [-0.4, -0.2) is 16.8 Å². The van der Waals surface area contributed by atoms with Gasteiger partial charge in [0.25, 0.3) is 0 Å². The van der Waals surface area contributed by atoms with Gasteiger partial charge in [0.05, 0.1) is 12.4 Å². The van der Waals surface area contributed by atoms with Gasteiger partial charge >= 0.3 is 0 Å². The second kappa shape index (κ2) is 5.93. The molecular formula is C14H21N3O2. The molecule has 0 spiro atoms. The lowest BCUT2D eigenvalue weighted by molar-refractivity contribution is 0.267. The maximum atomic E-state index is 5.67. The highest BCUT2D eigenvalue weighted by Gasteiger charge is 2.08. The number of aromatic nitrogens is 2. The quantitative estimate of drug-likeness (QED) is 0.870. The Kier molecular flexibility index (Phi) is 4.27. The topological polar surface area (TPSA) is 52.2 Å². The summed E-state index contributed by atoms with van der Waals surface area (Å²) in [5, 5.41) is 7.34. The molecule has 0 saturated carbocycles. The van der Waals surface area contributed by atoms with Crippen LogP contribution in [0.15, 0.2) is 22.9 Å². The third kappa shape index (κ3) is 3.38. The van der Waals surface area contributed by atoms with Gasteiger partial charge in [-0.1, -0.05) is 0 Å². The van der Waals surface area contributed by atoms with Crippen LogP contribution in [0.5, 0.6) is 5.75 Å². The standard InChI is InChI=1S/C14H21N3O2/c1-10(2)17-8-14(7-16-17)18-9-13-5-12(6-15-4)11(3)19-13/h5,7-8,10,15H,6,9H2,1-4H3. The van der Waals surface area contributed by atoms with Crippen molar-refractivity contribution in [2.24, 2.45) is 0 Å². The first-order valence-corrected chi connectivity index (χ1v) is 6.50. The number of rotatable bonds is 6. The average Bonchev–Trinajstić information content (AvgIpc) is 2.95. The SMILES string of the molecule is CNCc1cc(COc2cnn(C(C)C)c2)oc1C. The Labute approximate surface area is 113 Å². The summed E-state index contributed by atoms with van der Waals surface area (Å²) < 4.78 is 13.2. The highest BCUT2D eigenvalue weighted by molar-refractivity contribution is 5.21. The molecule has 0 aliphatic carbocycles. The molecule has 2 heterocycles. The Balaban J connectivity index is 1.96. The van der Waals surface area contributed by atoms with Gasteiger partial charge in [0, 0.05) is 18.2 Å². The van der Waals surface area contributed by atoms with Gasteiger partial charge in [-0.15, -0.1) is 0 Å². The van der Waals surface area contributed by atoms with Crippen molar-refractivity contribution < 1.29 is 9.15 Å². The summed E-state index contributed by atoms with van der Waals surface area (Å²) in [5.41, 5.74) is 1.17. The zero-order chi connectivity index (χ0) is 13.8. The van der Waals surface area contributed by atoms with E-state index in [9.17, 15) is 0 Å². The molecular weight excluding hydrogens is 242 g/mol. The second-order valence-corrected chi connectivity index (χ2v) is 4.86. The van der Waals surface area contributed by atoms with Gasteiger partial charge in [-0.25, -0.2) is 0 Å². The predicted octanol–water partition coefficient (Wildman–Crippen LogP) is 2.66. The van der Waals surface area contributed by atoms with E-state index in [-0.39, 0.29) is 0 Å². The van der Waals surface area contributed by atoms with Gasteiger partial charge in [0.1, 0.15) is 18.1 Å². The lowest BCUT2D eigenvalue weighted by atomic mass is 10.2. The molecule has 5 nitrogen and oxygen atoms in total. The Morgan fingerprint density at radius 2 is 2.26 bits per heavy atom. The monoisotopic (exact) mass is 263 g/mol. The van der Waals surface area contributed by atoms with Crippen LogP contribution in [0.25, 0.3) is 0 Å². The Bertz CT molecular complexity index is 529. The maximum absolute atomic E-state index is 5.67. The Morgan fingerprint density at radius 3 is 2.89 bits per heavy atom. The van der Waals surface area contributed by atoms with Crippen molar-refractivity contribution in [3.63, 3.8) is 0 Å². The number of hydrogen-bond donors (Lipinski definition) is 1. The third-order valence-electron chi connectivity index (χ3n) is 2.93. The van der Waals surface area contributed by atoms with Crippen molar-refractivity contribution in [3.8, 4) is 5.75 Å². The van der Waals surface area contributed by atoms with E-state index in [1.165, 1.54) is 5.56 Å². The first-order valence-electron chi connectivity index (χ1n) is 6.50. The maximum Gasteiger partial charge on any atom is 0.157 e. The average molecular weight is 263 g/mol. The molecule has 0 fully saturated rings. The molecule has 2 aromatic heterocycles. The van der Waals surface area contributed by atoms with Crippen LogP contribution < -0.4 is 10.1 Å². The summed E-state index contributed by atoms with van der Waals surface area (Å²) in [4.78, 5) is 0. The van der Waals surface area contributed by atoms with Gasteiger partial charge in [-0.05, 0) is 33.9 Å². The molecule has 0 aromatic carbocycles. The van der Waals surface area contributed by atoms with Gasteiger partial charge in [-0.2, -0.15) is 5.10 Å². The first kappa shape index (κ1) is 13.7. The van der Waals surface area contributed by atoms with Crippen molar-refractivity contribution in [1.29, 1.82) is 0 Å². The molecule has 2 rings (SSSR count). The number of nitrogens with zero attached hydrogens (tertiary/aromatic N) is 2. The molecule has 19 heavy (non-hydrogen) atoms. The van der Waals surface area contributed by atoms with Crippen LogP contribution in [0.2, 0.25) is 0 Å². The van der Waals surface area contributed by atoms with Crippen molar-refractivity contribution in [3.05, 3.63) is 35.5 Å². The normalized spacial score (nSPS) is 11.2. The van der Waals surface area contributed by atoms with Crippen molar-refractivity contribution in [2.75, 3.05) is 7.05 Å². The second-order valence-electron chi connectivity index (χ2n) is 4.86. The van der Waals surface area contributed by atoms with Gasteiger partial charge in [0.15, 0.2) is 5.75 Å². The fourth-order valence-electron chi connectivity index (χ4n) is 1.86. The fraction of sp³-hybridized carbons (Fsp3) is 0.500. The fourth-order valence-corrected chi connectivity index (χ4v) is 1.86. The molecule has 0 saturated heterocycles. The van der Waals surface area contributed by atoms with E-state index >= 15 is 0 Å². The summed E-state index contributed by atoms with van der Waals surface area (Å²) in [7, 11) is 1.92. The number of furan rings is 1. The molecule has 0 aliphatic rings. The molecule has 5 heteroatoms.